The van der Waals surface area contributed by atoms with Crippen LogP contribution in [0, 0.1) is 12.8 Å². The summed E-state index contributed by atoms with van der Waals surface area (Å²) in [6, 6.07) is 7.26. The molecular weight excluding hydrogens is 436 g/mol. The van der Waals surface area contributed by atoms with E-state index in [1.165, 1.54) is 0 Å². The van der Waals surface area contributed by atoms with Gasteiger partial charge in [0.1, 0.15) is 11.6 Å². The van der Waals surface area contributed by atoms with Crippen LogP contribution in [0.4, 0.5) is 16.4 Å². The van der Waals surface area contributed by atoms with Crippen LogP contribution in [-0.2, 0) is 9.53 Å². The molecule has 0 spiro atoms. The maximum Gasteiger partial charge on any atom is 0.410 e. The van der Waals surface area contributed by atoms with Gasteiger partial charge in [0, 0.05) is 31.9 Å². The molecule has 0 radical (unpaired) electrons. The number of ether oxygens (including phenoxy) is 1. The Bertz CT molecular complexity index is 986. The first-order valence-corrected chi connectivity index (χ1v) is 11.7. The molecule has 0 bridgehead atoms. The van der Waals surface area contributed by atoms with Gasteiger partial charge in [-0.15, -0.1) is 0 Å². The average Bonchev–Trinajstić information content (AvgIpc) is 3.12. The first kappa shape index (κ1) is 25.4. The molecule has 9 nitrogen and oxygen atoms in total. The topological polar surface area (TPSA) is 108 Å². The minimum Gasteiger partial charge on any atom is -0.480 e. The molecule has 3 rings (SSSR count). The first-order valence-electron chi connectivity index (χ1n) is 11.7. The van der Waals surface area contributed by atoms with Crippen LogP contribution in [0.5, 0.6) is 0 Å². The number of aliphatic carboxylic acids is 1. The molecule has 1 unspecified atom stereocenters. The Morgan fingerprint density at radius 3 is 2.29 bits per heavy atom. The second-order valence-corrected chi connectivity index (χ2v) is 10.1. The summed E-state index contributed by atoms with van der Waals surface area (Å²) in [6.45, 7) is 14.0. The lowest BCUT2D eigenvalue weighted by Crippen LogP contribution is -2.50. The van der Waals surface area contributed by atoms with E-state index >= 15 is 0 Å². The molecule has 186 valence electrons. The lowest BCUT2D eigenvalue weighted by Gasteiger charge is -2.36. The zero-order chi connectivity index (χ0) is 25.0. The fourth-order valence-electron chi connectivity index (χ4n) is 3.97. The molecule has 1 atom stereocenters. The van der Waals surface area contributed by atoms with E-state index in [0.29, 0.717) is 44.2 Å². The summed E-state index contributed by atoms with van der Waals surface area (Å²) in [5, 5.41) is 16.7. The van der Waals surface area contributed by atoms with Gasteiger partial charge >= 0.3 is 12.1 Å². The van der Waals surface area contributed by atoms with E-state index in [4.69, 9.17) is 9.26 Å². The highest BCUT2D eigenvalue weighted by Crippen LogP contribution is 2.33. The number of rotatable bonds is 7. The van der Waals surface area contributed by atoms with Crippen molar-refractivity contribution in [2.75, 3.05) is 36.4 Å². The molecule has 1 fully saturated rings. The van der Waals surface area contributed by atoms with Gasteiger partial charge in [0.05, 0.1) is 11.3 Å². The van der Waals surface area contributed by atoms with Gasteiger partial charge in [-0.3, -0.25) is 0 Å². The van der Waals surface area contributed by atoms with Gasteiger partial charge in [-0.2, -0.15) is 0 Å². The number of carboxylic acids is 1. The van der Waals surface area contributed by atoms with Crippen molar-refractivity contribution in [3.63, 3.8) is 0 Å². The fourth-order valence-corrected chi connectivity index (χ4v) is 3.97. The Kier molecular flexibility index (Phi) is 7.74. The number of amides is 1. The van der Waals surface area contributed by atoms with Crippen molar-refractivity contribution in [3.05, 3.63) is 30.0 Å². The Labute approximate surface area is 201 Å². The van der Waals surface area contributed by atoms with Crippen LogP contribution in [0.2, 0.25) is 0 Å². The number of nitrogens with one attached hydrogen (secondary N) is 1. The summed E-state index contributed by atoms with van der Waals surface area (Å²) in [5.41, 5.74) is 2.90. The number of hydrogen-bond acceptors (Lipinski definition) is 7. The monoisotopic (exact) mass is 472 g/mol. The Hall–Kier alpha value is -3.23. The number of piperazine rings is 1. The highest BCUT2D eigenvalue weighted by Gasteiger charge is 2.27. The standard InChI is InChI=1S/C25H36N4O5/c1-16(2)15-20(23(30)31)26-22-21(17(3)27-34-22)18-7-9-19(10-8-18)28-11-13-29(14-12-28)24(32)33-25(4,5)6/h7-10,16,20,26H,11-15H2,1-6H3,(H,30,31). The Morgan fingerprint density at radius 1 is 1.15 bits per heavy atom. The minimum absolute atomic E-state index is 0.219. The number of aryl methyl sites for hydroxylation is 1. The van der Waals surface area contributed by atoms with Crippen LogP contribution in [0.3, 0.4) is 0 Å². The number of hydrogen-bond donors (Lipinski definition) is 2. The van der Waals surface area contributed by atoms with Crippen molar-refractivity contribution in [1.82, 2.24) is 10.1 Å². The third kappa shape index (κ3) is 6.42. The van der Waals surface area contributed by atoms with E-state index < -0.39 is 17.6 Å². The van der Waals surface area contributed by atoms with E-state index in [2.05, 4.69) is 15.4 Å². The lowest BCUT2D eigenvalue weighted by molar-refractivity contribution is -0.138. The zero-order valence-corrected chi connectivity index (χ0v) is 20.9. The maximum absolute atomic E-state index is 12.3. The van der Waals surface area contributed by atoms with Gasteiger partial charge in [-0.25, -0.2) is 9.59 Å². The highest BCUT2D eigenvalue weighted by atomic mass is 16.6. The van der Waals surface area contributed by atoms with E-state index in [1.54, 1.807) is 4.90 Å². The number of carbonyl (C=O) groups is 2. The van der Waals surface area contributed by atoms with Gasteiger partial charge in [-0.1, -0.05) is 31.1 Å². The highest BCUT2D eigenvalue weighted by molar-refractivity contribution is 5.82. The largest absolute Gasteiger partial charge is 0.480 e. The third-order valence-electron chi connectivity index (χ3n) is 5.63. The van der Waals surface area contributed by atoms with Crippen molar-refractivity contribution in [3.8, 4) is 11.1 Å². The summed E-state index contributed by atoms with van der Waals surface area (Å²) < 4.78 is 10.9. The number of carboxylic acid groups (broad SMARTS) is 1. The fraction of sp³-hybridized carbons (Fsp3) is 0.560. The van der Waals surface area contributed by atoms with E-state index in [0.717, 1.165) is 16.8 Å². The van der Waals surface area contributed by atoms with Crippen molar-refractivity contribution in [1.29, 1.82) is 0 Å². The quantitative estimate of drug-likeness (QED) is 0.601. The Morgan fingerprint density at radius 2 is 1.76 bits per heavy atom. The van der Waals surface area contributed by atoms with Crippen LogP contribution in [-0.4, -0.2) is 65.0 Å². The van der Waals surface area contributed by atoms with Gasteiger partial charge in [0.2, 0.25) is 5.88 Å². The second kappa shape index (κ2) is 10.4. The summed E-state index contributed by atoms with van der Waals surface area (Å²) in [6.07, 6.45) is 0.200. The summed E-state index contributed by atoms with van der Waals surface area (Å²) in [4.78, 5) is 28.0. The van der Waals surface area contributed by atoms with Crippen LogP contribution >= 0.6 is 0 Å². The molecule has 1 aromatic carbocycles. The zero-order valence-electron chi connectivity index (χ0n) is 20.9. The molecule has 1 aliphatic rings. The predicted molar refractivity (Wildman–Crippen MR) is 131 cm³/mol. The van der Waals surface area contributed by atoms with Crippen molar-refractivity contribution in [2.24, 2.45) is 5.92 Å². The number of anilines is 2. The SMILES string of the molecule is Cc1noc(NC(CC(C)C)C(=O)O)c1-c1ccc(N2CCN(C(=O)OC(C)(C)C)CC2)cc1. The molecule has 2 N–H and O–H groups in total. The maximum atomic E-state index is 12.3. The summed E-state index contributed by atoms with van der Waals surface area (Å²) in [5.74, 6) is -0.338. The molecule has 1 aliphatic heterocycles. The van der Waals surface area contributed by atoms with Gasteiger partial charge < -0.3 is 29.5 Å². The van der Waals surface area contributed by atoms with Crippen molar-refractivity contribution >= 4 is 23.6 Å². The summed E-state index contributed by atoms with van der Waals surface area (Å²) in [7, 11) is 0. The van der Waals surface area contributed by atoms with E-state index in [9.17, 15) is 14.7 Å². The molecule has 0 aliphatic carbocycles. The van der Waals surface area contributed by atoms with Crippen molar-refractivity contribution < 1.29 is 24.0 Å². The third-order valence-corrected chi connectivity index (χ3v) is 5.63. The van der Waals surface area contributed by atoms with E-state index in [1.807, 2.05) is 65.8 Å². The molecule has 2 heterocycles. The molecular formula is C25H36N4O5. The first-order chi connectivity index (χ1) is 15.9. The Balaban J connectivity index is 1.68. The molecule has 9 heteroatoms. The smallest absolute Gasteiger partial charge is 0.410 e. The van der Waals surface area contributed by atoms with Crippen molar-refractivity contribution in [2.45, 2.75) is 59.6 Å². The molecule has 2 aromatic rings. The predicted octanol–water partition coefficient (Wildman–Crippen LogP) is 4.62. The molecule has 1 amide bonds. The van der Waals surface area contributed by atoms with Gasteiger partial charge in [-0.05, 0) is 57.7 Å². The number of carbonyl (C=O) groups excluding carboxylic acids is 1. The minimum atomic E-state index is -0.922. The van der Waals surface area contributed by atoms with Crippen LogP contribution in [0.1, 0.15) is 46.7 Å². The second-order valence-electron chi connectivity index (χ2n) is 10.1. The van der Waals surface area contributed by atoms with Gasteiger partial charge in [0.15, 0.2) is 0 Å². The molecule has 1 saturated heterocycles. The number of nitrogens with zero attached hydrogens (tertiary/aromatic N) is 3. The number of benzene rings is 1. The van der Waals surface area contributed by atoms with Crippen LogP contribution < -0.4 is 10.2 Å². The number of aromatic nitrogens is 1. The van der Waals surface area contributed by atoms with Crippen LogP contribution in [0.25, 0.3) is 11.1 Å². The normalized spacial score (nSPS) is 15.4. The molecule has 34 heavy (non-hydrogen) atoms. The molecule has 1 aromatic heterocycles. The van der Waals surface area contributed by atoms with Gasteiger partial charge in [0.25, 0.3) is 0 Å². The molecule has 0 saturated carbocycles. The average molecular weight is 473 g/mol. The van der Waals surface area contributed by atoms with E-state index in [-0.39, 0.29) is 12.0 Å². The summed E-state index contributed by atoms with van der Waals surface area (Å²) >= 11 is 0. The lowest BCUT2D eigenvalue weighted by atomic mass is 10.0. The van der Waals surface area contributed by atoms with Crippen LogP contribution in [0.15, 0.2) is 28.8 Å².